The molecule has 1 aromatic rings. The van der Waals surface area contributed by atoms with Crippen LogP contribution in [0.3, 0.4) is 0 Å². The summed E-state index contributed by atoms with van der Waals surface area (Å²) >= 11 is 0. The molecule has 0 aromatic carbocycles. The van der Waals surface area contributed by atoms with Crippen LogP contribution in [-0.4, -0.2) is 29.7 Å². The van der Waals surface area contributed by atoms with Crippen molar-refractivity contribution in [1.29, 1.82) is 0 Å². The molecule has 5 nitrogen and oxygen atoms in total. The standard InChI is InChI=1S/C11H17N3O2/c1-7-10(15)13-9(14-11(7)16-2)6-8-4-3-5-12-8/h8,12H,3-6H2,1-2H3,(H,13,14,15). The fourth-order valence-electron chi connectivity index (χ4n) is 2.02. The molecule has 1 fully saturated rings. The molecule has 2 heterocycles. The lowest BCUT2D eigenvalue weighted by atomic mass is 10.1. The average molecular weight is 223 g/mol. The van der Waals surface area contributed by atoms with Crippen LogP contribution in [0.5, 0.6) is 5.88 Å². The van der Waals surface area contributed by atoms with E-state index >= 15 is 0 Å². The Morgan fingerprint density at radius 1 is 1.56 bits per heavy atom. The van der Waals surface area contributed by atoms with Gasteiger partial charge in [0, 0.05) is 12.5 Å². The highest BCUT2D eigenvalue weighted by molar-refractivity contribution is 5.22. The highest BCUT2D eigenvalue weighted by atomic mass is 16.5. The maximum Gasteiger partial charge on any atom is 0.257 e. The van der Waals surface area contributed by atoms with E-state index in [0.29, 0.717) is 23.3 Å². The van der Waals surface area contributed by atoms with Crippen molar-refractivity contribution in [3.63, 3.8) is 0 Å². The van der Waals surface area contributed by atoms with E-state index in [1.807, 2.05) is 0 Å². The molecule has 1 aliphatic heterocycles. The zero-order chi connectivity index (χ0) is 11.5. The second-order valence-electron chi connectivity index (χ2n) is 4.14. The van der Waals surface area contributed by atoms with Crippen LogP contribution < -0.4 is 15.6 Å². The first kappa shape index (κ1) is 11.1. The van der Waals surface area contributed by atoms with Gasteiger partial charge in [-0.15, -0.1) is 0 Å². The molecule has 2 N–H and O–H groups in total. The van der Waals surface area contributed by atoms with Gasteiger partial charge in [0.1, 0.15) is 5.82 Å². The number of methoxy groups -OCH3 is 1. The predicted octanol–water partition coefficient (Wildman–Crippen LogP) is 0.381. The molecular formula is C11H17N3O2. The molecule has 0 amide bonds. The number of ether oxygens (including phenoxy) is 1. The molecule has 0 radical (unpaired) electrons. The molecular weight excluding hydrogens is 206 g/mol. The molecule has 0 saturated carbocycles. The molecule has 0 aliphatic carbocycles. The van der Waals surface area contributed by atoms with Crippen molar-refractivity contribution < 1.29 is 4.74 Å². The molecule has 0 spiro atoms. The number of H-pyrrole nitrogens is 1. The van der Waals surface area contributed by atoms with E-state index in [2.05, 4.69) is 15.3 Å². The summed E-state index contributed by atoms with van der Waals surface area (Å²) in [6.45, 7) is 2.76. The normalized spacial score (nSPS) is 20.0. The highest BCUT2D eigenvalue weighted by Gasteiger charge is 2.17. The van der Waals surface area contributed by atoms with Gasteiger partial charge < -0.3 is 15.0 Å². The van der Waals surface area contributed by atoms with Crippen LogP contribution >= 0.6 is 0 Å². The zero-order valence-corrected chi connectivity index (χ0v) is 9.67. The maximum absolute atomic E-state index is 11.6. The van der Waals surface area contributed by atoms with E-state index in [-0.39, 0.29) is 5.56 Å². The first-order chi connectivity index (χ1) is 7.70. The lowest BCUT2D eigenvalue weighted by Gasteiger charge is -2.10. The fourth-order valence-corrected chi connectivity index (χ4v) is 2.02. The van der Waals surface area contributed by atoms with E-state index in [1.165, 1.54) is 13.5 Å². The van der Waals surface area contributed by atoms with Crippen LogP contribution in [0.1, 0.15) is 24.2 Å². The number of hydrogen-bond donors (Lipinski definition) is 2. The van der Waals surface area contributed by atoms with Gasteiger partial charge in [-0.2, -0.15) is 4.98 Å². The fraction of sp³-hybridized carbons (Fsp3) is 0.636. The molecule has 1 unspecified atom stereocenters. The Morgan fingerprint density at radius 2 is 2.38 bits per heavy atom. The molecule has 1 aliphatic rings. The summed E-state index contributed by atoms with van der Waals surface area (Å²) in [7, 11) is 1.53. The molecule has 1 aromatic heterocycles. The first-order valence-electron chi connectivity index (χ1n) is 5.58. The quantitative estimate of drug-likeness (QED) is 0.777. The number of nitrogens with one attached hydrogen (secondary N) is 2. The van der Waals surface area contributed by atoms with Crippen molar-refractivity contribution in [3.8, 4) is 5.88 Å². The Labute approximate surface area is 94.2 Å². The van der Waals surface area contributed by atoms with Crippen LogP contribution in [-0.2, 0) is 6.42 Å². The highest BCUT2D eigenvalue weighted by Crippen LogP contribution is 2.12. The molecule has 16 heavy (non-hydrogen) atoms. The van der Waals surface area contributed by atoms with E-state index in [1.54, 1.807) is 6.92 Å². The topological polar surface area (TPSA) is 67.0 Å². The van der Waals surface area contributed by atoms with Crippen molar-refractivity contribution >= 4 is 0 Å². The Bertz CT molecular complexity index is 422. The predicted molar refractivity (Wildman–Crippen MR) is 60.9 cm³/mol. The second-order valence-corrected chi connectivity index (χ2v) is 4.14. The van der Waals surface area contributed by atoms with Crippen molar-refractivity contribution in [3.05, 3.63) is 21.7 Å². The van der Waals surface area contributed by atoms with E-state index in [9.17, 15) is 4.79 Å². The summed E-state index contributed by atoms with van der Waals surface area (Å²) in [4.78, 5) is 18.7. The van der Waals surface area contributed by atoms with E-state index in [0.717, 1.165) is 19.4 Å². The third kappa shape index (κ3) is 2.24. The van der Waals surface area contributed by atoms with Crippen molar-refractivity contribution in [2.45, 2.75) is 32.2 Å². The second kappa shape index (κ2) is 4.65. The first-order valence-corrected chi connectivity index (χ1v) is 5.58. The number of aromatic nitrogens is 2. The van der Waals surface area contributed by atoms with Gasteiger partial charge >= 0.3 is 0 Å². The van der Waals surface area contributed by atoms with E-state index in [4.69, 9.17) is 4.74 Å². The third-order valence-corrected chi connectivity index (χ3v) is 2.95. The number of rotatable bonds is 3. The Morgan fingerprint density at radius 3 is 3.00 bits per heavy atom. The van der Waals surface area contributed by atoms with Gasteiger partial charge in [0.05, 0.1) is 12.7 Å². The van der Waals surface area contributed by atoms with Crippen LogP contribution in [0.25, 0.3) is 0 Å². The maximum atomic E-state index is 11.6. The molecule has 88 valence electrons. The molecule has 2 rings (SSSR count). The Kier molecular flexibility index (Phi) is 3.24. The summed E-state index contributed by atoms with van der Waals surface area (Å²) in [5, 5.41) is 3.37. The lowest BCUT2D eigenvalue weighted by molar-refractivity contribution is 0.389. The van der Waals surface area contributed by atoms with Crippen LogP contribution in [0.15, 0.2) is 4.79 Å². The van der Waals surface area contributed by atoms with Gasteiger partial charge in [0.2, 0.25) is 5.88 Å². The van der Waals surface area contributed by atoms with Crippen molar-refractivity contribution in [1.82, 2.24) is 15.3 Å². The van der Waals surface area contributed by atoms with Gasteiger partial charge in [-0.3, -0.25) is 4.79 Å². The van der Waals surface area contributed by atoms with Gasteiger partial charge in [-0.25, -0.2) is 0 Å². The monoisotopic (exact) mass is 223 g/mol. The lowest BCUT2D eigenvalue weighted by Crippen LogP contribution is -2.26. The van der Waals surface area contributed by atoms with Crippen LogP contribution in [0, 0.1) is 6.92 Å². The van der Waals surface area contributed by atoms with Gasteiger partial charge in [-0.1, -0.05) is 0 Å². The SMILES string of the molecule is COc1nc(CC2CCCN2)[nH]c(=O)c1C. The summed E-state index contributed by atoms with van der Waals surface area (Å²) < 4.78 is 5.08. The minimum atomic E-state index is -0.111. The third-order valence-electron chi connectivity index (χ3n) is 2.95. The van der Waals surface area contributed by atoms with Crippen molar-refractivity contribution in [2.75, 3.05) is 13.7 Å². The van der Waals surface area contributed by atoms with Gasteiger partial charge in [-0.05, 0) is 26.3 Å². The Hall–Kier alpha value is -1.36. The van der Waals surface area contributed by atoms with Gasteiger partial charge in [0.25, 0.3) is 5.56 Å². The largest absolute Gasteiger partial charge is 0.481 e. The minimum Gasteiger partial charge on any atom is -0.481 e. The van der Waals surface area contributed by atoms with E-state index < -0.39 is 0 Å². The van der Waals surface area contributed by atoms with Gasteiger partial charge in [0.15, 0.2) is 0 Å². The molecule has 1 saturated heterocycles. The number of hydrogen-bond acceptors (Lipinski definition) is 4. The minimum absolute atomic E-state index is 0.111. The summed E-state index contributed by atoms with van der Waals surface area (Å²) in [6, 6.07) is 0.426. The summed E-state index contributed by atoms with van der Waals surface area (Å²) in [6.07, 6.45) is 3.09. The number of aromatic amines is 1. The summed E-state index contributed by atoms with van der Waals surface area (Å²) in [5.41, 5.74) is 0.422. The molecule has 5 heteroatoms. The average Bonchev–Trinajstić information content (AvgIpc) is 2.76. The molecule has 1 atom stereocenters. The van der Waals surface area contributed by atoms with Crippen LogP contribution in [0.2, 0.25) is 0 Å². The van der Waals surface area contributed by atoms with Crippen LogP contribution in [0.4, 0.5) is 0 Å². The molecule has 0 bridgehead atoms. The smallest absolute Gasteiger partial charge is 0.257 e. The zero-order valence-electron chi connectivity index (χ0n) is 9.67. The summed E-state index contributed by atoms with van der Waals surface area (Å²) in [5.74, 6) is 1.13. The van der Waals surface area contributed by atoms with Crippen molar-refractivity contribution in [2.24, 2.45) is 0 Å². The number of nitrogens with zero attached hydrogens (tertiary/aromatic N) is 1. The Balaban J connectivity index is 2.20.